The van der Waals surface area contributed by atoms with Gasteiger partial charge in [0.2, 0.25) is 5.91 Å². The number of hydrogen-bond acceptors (Lipinski definition) is 7. The van der Waals surface area contributed by atoms with E-state index in [0.29, 0.717) is 11.2 Å². The van der Waals surface area contributed by atoms with Gasteiger partial charge in [0.15, 0.2) is 0 Å². The Morgan fingerprint density at radius 1 is 1.28 bits per heavy atom. The summed E-state index contributed by atoms with van der Waals surface area (Å²) in [6, 6.07) is 14.4. The van der Waals surface area contributed by atoms with Gasteiger partial charge in [-0.25, -0.2) is 10.4 Å². The second-order valence-electron chi connectivity index (χ2n) is 8.81. The van der Waals surface area contributed by atoms with Gasteiger partial charge in [0.1, 0.15) is 5.75 Å². The third-order valence-electron chi connectivity index (χ3n) is 6.06. The summed E-state index contributed by atoms with van der Waals surface area (Å²) in [6.07, 6.45) is 2.66. The van der Waals surface area contributed by atoms with Crippen molar-refractivity contribution in [2.75, 3.05) is 26.7 Å². The average molecular weight is 456 g/mol. The summed E-state index contributed by atoms with van der Waals surface area (Å²) in [6.45, 7) is 6.63. The van der Waals surface area contributed by atoms with Crippen molar-refractivity contribution < 1.29 is 9.53 Å². The zero-order valence-corrected chi connectivity index (χ0v) is 19.8. The Morgan fingerprint density at radius 2 is 2.09 bits per heavy atom. The highest BCUT2D eigenvalue weighted by Crippen LogP contribution is 2.34. The van der Waals surface area contributed by atoms with Gasteiger partial charge in [-0.3, -0.25) is 15.1 Å². The van der Waals surface area contributed by atoms with Crippen molar-refractivity contribution in [2.45, 2.75) is 48.7 Å². The first kappa shape index (κ1) is 23.0. The number of ether oxygens (including phenoxy) is 1. The van der Waals surface area contributed by atoms with E-state index in [-0.39, 0.29) is 24.0 Å². The largest absolute Gasteiger partial charge is 0.497 e. The number of pyridine rings is 1. The zero-order valence-electron chi connectivity index (χ0n) is 19.0. The van der Waals surface area contributed by atoms with Crippen LogP contribution in [0.2, 0.25) is 0 Å². The molecule has 172 valence electrons. The molecule has 2 aliphatic heterocycles. The van der Waals surface area contributed by atoms with Crippen LogP contribution in [0.1, 0.15) is 31.9 Å². The van der Waals surface area contributed by atoms with Gasteiger partial charge >= 0.3 is 0 Å². The number of methoxy groups -OCH3 is 1. The number of nitrogens with one attached hydrogen (secondary N) is 3. The molecule has 3 heterocycles. The molecule has 4 atom stereocenters. The van der Waals surface area contributed by atoms with Gasteiger partial charge in [0.05, 0.1) is 24.2 Å². The maximum absolute atomic E-state index is 13.0. The van der Waals surface area contributed by atoms with E-state index in [1.54, 1.807) is 18.9 Å². The highest BCUT2D eigenvalue weighted by molar-refractivity contribution is 7.99. The van der Waals surface area contributed by atoms with Gasteiger partial charge in [-0.1, -0.05) is 18.2 Å². The molecule has 2 fully saturated rings. The van der Waals surface area contributed by atoms with Crippen LogP contribution in [0.4, 0.5) is 0 Å². The molecule has 32 heavy (non-hydrogen) atoms. The number of amides is 1. The van der Waals surface area contributed by atoms with Gasteiger partial charge in [0, 0.05) is 43.0 Å². The van der Waals surface area contributed by atoms with Gasteiger partial charge < -0.3 is 10.1 Å². The number of thioether (sulfide) groups is 1. The van der Waals surface area contributed by atoms with Gasteiger partial charge in [-0.05, 0) is 50.1 Å². The summed E-state index contributed by atoms with van der Waals surface area (Å²) in [4.78, 5) is 19.9. The predicted octanol–water partition coefficient (Wildman–Crippen LogP) is 2.62. The molecular weight excluding hydrogens is 422 g/mol. The SMILES string of the molecule is COc1ccc(C2NNCC2CN2C[C@H](Sc3ccccn3)C[C@H]2C(=O)NC(C)C)cc1. The fourth-order valence-electron chi connectivity index (χ4n) is 4.56. The number of rotatable bonds is 8. The lowest BCUT2D eigenvalue weighted by Crippen LogP contribution is -2.47. The number of nitrogens with zero attached hydrogens (tertiary/aromatic N) is 2. The number of hydrazine groups is 1. The molecule has 2 aliphatic rings. The monoisotopic (exact) mass is 455 g/mol. The maximum Gasteiger partial charge on any atom is 0.237 e. The number of carbonyl (C=O) groups excluding carboxylic acids is 1. The van der Waals surface area contributed by atoms with Gasteiger partial charge in [-0.2, -0.15) is 0 Å². The number of carbonyl (C=O) groups is 1. The predicted molar refractivity (Wildman–Crippen MR) is 128 cm³/mol. The highest BCUT2D eigenvalue weighted by Gasteiger charge is 2.40. The summed E-state index contributed by atoms with van der Waals surface area (Å²) >= 11 is 1.78. The first-order valence-electron chi connectivity index (χ1n) is 11.3. The second kappa shape index (κ2) is 10.7. The second-order valence-corrected chi connectivity index (χ2v) is 10.1. The fourth-order valence-corrected chi connectivity index (χ4v) is 5.73. The molecule has 4 rings (SSSR count). The van der Waals surface area contributed by atoms with E-state index in [9.17, 15) is 4.79 Å². The molecule has 2 saturated heterocycles. The minimum absolute atomic E-state index is 0.115. The lowest BCUT2D eigenvalue weighted by molar-refractivity contribution is -0.126. The molecule has 8 heteroatoms. The van der Waals surface area contributed by atoms with Crippen LogP contribution in [0.25, 0.3) is 0 Å². The Balaban J connectivity index is 1.47. The van der Waals surface area contributed by atoms with Crippen molar-refractivity contribution in [3.05, 3.63) is 54.2 Å². The molecule has 2 aromatic rings. The van der Waals surface area contributed by atoms with Crippen molar-refractivity contribution >= 4 is 17.7 Å². The van der Waals surface area contributed by atoms with Crippen LogP contribution in [0.3, 0.4) is 0 Å². The molecule has 0 radical (unpaired) electrons. The summed E-state index contributed by atoms with van der Waals surface area (Å²) in [5.41, 5.74) is 7.98. The molecule has 0 bridgehead atoms. The van der Waals surface area contributed by atoms with Crippen LogP contribution in [-0.4, -0.2) is 59.9 Å². The van der Waals surface area contributed by atoms with Crippen LogP contribution in [0.5, 0.6) is 5.75 Å². The molecule has 1 amide bonds. The number of likely N-dealkylation sites (tertiary alicyclic amines) is 1. The van der Waals surface area contributed by atoms with Crippen molar-refractivity contribution in [3.63, 3.8) is 0 Å². The van der Waals surface area contributed by atoms with E-state index < -0.39 is 0 Å². The molecular formula is C24H33N5O2S. The molecule has 7 nitrogen and oxygen atoms in total. The topological polar surface area (TPSA) is 78.5 Å². The number of hydrogen-bond donors (Lipinski definition) is 3. The summed E-state index contributed by atoms with van der Waals surface area (Å²) < 4.78 is 5.30. The highest BCUT2D eigenvalue weighted by atomic mass is 32.2. The average Bonchev–Trinajstić information content (AvgIpc) is 3.41. The van der Waals surface area contributed by atoms with E-state index in [4.69, 9.17) is 4.74 Å². The standard InChI is InChI=1S/C24H33N5O2S/c1-16(2)27-24(30)21-12-20(32-22-6-4-5-11-25-22)15-29(21)14-18-13-26-28-23(18)17-7-9-19(31-3)10-8-17/h4-11,16,18,20-21,23,26,28H,12-15H2,1-3H3,(H,27,30)/t18?,20-,21+,23?/m1/s1. The molecule has 1 aromatic heterocycles. The number of aromatic nitrogens is 1. The Bertz CT molecular complexity index is 880. The minimum atomic E-state index is -0.115. The summed E-state index contributed by atoms with van der Waals surface area (Å²) in [5, 5.41) is 4.49. The van der Waals surface area contributed by atoms with Crippen molar-refractivity contribution in [2.24, 2.45) is 5.92 Å². The first-order valence-corrected chi connectivity index (χ1v) is 12.2. The smallest absolute Gasteiger partial charge is 0.237 e. The Kier molecular flexibility index (Phi) is 7.67. The van der Waals surface area contributed by atoms with Crippen LogP contribution in [-0.2, 0) is 4.79 Å². The van der Waals surface area contributed by atoms with Gasteiger partial charge in [0.25, 0.3) is 0 Å². The van der Waals surface area contributed by atoms with E-state index in [1.165, 1.54) is 5.56 Å². The normalized spacial score (nSPS) is 25.9. The van der Waals surface area contributed by atoms with E-state index >= 15 is 0 Å². The maximum atomic E-state index is 13.0. The Labute approximate surface area is 194 Å². The molecule has 0 spiro atoms. The van der Waals surface area contributed by atoms with E-state index in [1.807, 2.05) is 50.4 Å². The molecule has 0 aliphatic carbocycles. The van der Waals surface area contributed by atoms with Crippen molar-refractivity contribution in [1.29, 1.82) is 0 Å². The molecule has 3 N–H and O–H groups in total. The lowest BCUT2D eigenvalue weighted by Gasteiger charge is -2.29. The summed E-state index contributed by atoms with van der Waals surface area (Å²) in [5.74, 6) is 1.34. The quantitative estimate of drug-likeness (QED) is 0.565. The minimum Gasteiger partial charge on any atom is -0.497 e. The third-order valence-corrected chi connectivity index (χ3v) is 7.22. The Hall–Kier alpha value is -2.13. The van der Waals surface area contributed by atoms with E-state index in [2.05, 4.69) is 38.2 Å². The summed E-state index contributed by atoms with van der Waals surface area (Å²) in [7, 11) is 1.68. The third kappa shape index (κ3) is 5.61. The van der Waals surface area contributed by atoms with Crippen LogP contribution in [0, 0.1) is 5.92 Å². The first-order chi connectivity index (χ1) is 15.5. The van der Waals surface area contributed by atoms with Crippen LogP contribution < -0.4 is 20.9 Å². The molecule has 2 unspecified atom stereocenters. The zero-order chi connectivity index (χ0) is 22.5. The fraction of sp³-hybridized carbons (Fsp3) is 0.500. The molecule has 1 aromatic carbocycles. The molecule has 0 saturated carbocycles. The van der Waals surface area contributed by atoms with Crippen LogP contribution >= 0.6 is 11.8 Å². The Morgan fingerprint density at radius 3 is 2.78 bits per heavy atom. The van der Waals surface area contributed by atoms with Crippen molar-refractivity contribution in [1.82, 2.24) is 26.1 Å². The number of benzene rings is 1. The lowest BCUT2D eigenvalue weighted by atomic mass is 9.94. The van der Waals surface area contributed by atoms with Crippen LogP contribution in [0.15, 0.2) is 53.7 Å². The van der Waals surface area contributed by atoms with Crippen molar-refractivity contribution in [3.8, 4) is 5.75 Å². The van der Waals surface area contributed by atoms with Gasteiger partial charge in [-0.15, -0.1) is 11.8 Å². The van der Waals surface area contributed by atoms with E-state index in [0.717, 1.165) is 36.8 Å².